The highest BCUT2D eigenvalue weighted by atomic mass is 16.5. The SMILES string of the molecule is CCNC(Cc1ncnn1CC)C1(OC)CCOCC1. The van der Waals surface area contributed by atoms with Crippen LogP contribution in [0.25, 0.3) is 0 Å². The molecule has 0 saturated carbocycles. The van der Waals surface area contributed by atoms with Crippen molar-refractivity contribution in [2.45, 2.75) is 51.3 Å². The average molecular weight is 282 g/mol. The highest BCUT2D eigenvalue weighted by molar-refractivity contribution is 5.01. The van der Waals surface area contributed by atoms with Crippen LogP contribution in [0, 0.1) is 0 Å². The smallest absolute Gasteiger partial charge is 0.138 e. The first-order valence-electron chi connectivity index (χ1n) is 7.48. The van der Waals surface area contributed by atoms with E-state index in [2.05, 4.69) is 29.2 Å². The van der Waals surface area contributed by atoms with Crippen LogP contribution < -0.4 is 5.32 Å². The molecule has 0 spiro atoms. The molecule has 2 heterocycles. The molecule has 0 radical (unpaired) electrons. The minimum atomic E-state index is -0.168. The van der Waals surface area contributed by atoms with Crippen LogP contribution in [0.5, 0.6) is 0 Å². The van der Waals surface area contributed by atoms with Crippen molar-refractivity contribution in [3.63, 3.8) is 0 Å². The highest BCUT2D eigenvalue weighted by Crippen LogP contribution is 2.30. The van der Waals surface area contributed by atoms with Gasteiger partial charge in [-0.15, -0.1) is 0 Å². The van der Waals surface area contributed by atoms with Crippen LogP contribution in [-0.2, 0) is 22.4 Å². The summed E-state index contributed by atoms with van der Waals surface area (Å²) < 4.78 is 13.4. The number of rotatable bonds is 7. The van der Waals surface area contributed by atoms with E-state index in [1.165, 1.54) is 0 Å². The lowest BCUT2D eigenvalue weighted by atomic mass is 9.84. The van der Waals surface area contributed by atoms with E-state index in [0.717, 1.165) is 51.4 Å². The fourth-order valence-corrected chi connectivity index (χ4v) is 3.00. The lowest BCUT2D eigenvalue weighted by Crippen LogP contribution is -2.56. The van der Waals surface area contributed by atoms with Gasteiger partial charge >= 0.3 is 0 Å². The summed E-state index contributed by atoms with van der Waals surface area (Å²) in [5.74, 6) is 1.02. The first-order valence-corrected chi connectivity index (χ1v) is 7.48. The Morgan fingerprint density at radius 3 is 2.80 bits per heavy atom. The maximum absolute atomic E-state index is 5.92. The Balaban J connectivity index is 2.16. The molecule has 6 heteroatoms. The fraction of sp³-hybridized carbons (Fsp3) is 0.857. The third-order valence-electron chi connectivity index (χ3n) is 4.21. The molecule has 2 rings (SSSR count). The van der Waals surface area contributed by atoms with Gasteiger partial charge in [-0.1, -0.05) is 6.92 Å². The quantitative estimate of drug-likeness (QED) is 0.809. The minimum Gasteiger partial charge on any atom is -0.381 e. The van der Waals surface area contributed by atoms with Crippen LogP contribution >= 0.6 is 0 Å². The summed E-state index contributed by atoms with van der Waals surface area (Å²) in [5, 5.41) is 7.83. The number of hydrogen-bond donors (Lipinski definition) is 1. The van der Waals surface area contributed by atoms with E-state index in [0.29, 0.717) is 0 Å². The predicted octanol–water partition coefficient (Wildman–Crippen LogP) is 1.01. The molecule has 1 aromatic rings. The monoisotopic (exact) mass is 282 g/mol. The Bertz CT molecular complexity index is 402. The van der Waals surface area contributed by atoms with Gasteiger partial charge in [0.05, 0.1) is 5.60 Å². The number of ether oxygens (including phenoxy) is 2. The van der Waals surface area contributed by atoms with Crippen molar-refractivity contribution < 1.29 is 9.47 Å². The van der Waals surface area contributed by atoms with Crippen LogP contribution in [0.1, 0.15) is 32.5 Å². The van der Waals surface area contributed by atoms with Gasteiger partial charge in [0.25, 0.3) is 0 Å². The third-order valence-corrected chi connectivity index (χ3v) is 4.21. The first-order chi connectivity index (χ1) is 9.75. The van der Waals surface area contributed by atoms with Crippen molar-refractivity contribution in [3.8, 4) is 0 Å². The molecule has 1 N–H and O–H groups in total. The van der Waals surface area contributed by atoms with Gasteiger partial charge in [-0.3, -0.25) is 4.68 Å². The second-order valence-electron chi connectivity index (χ2n) is 5.19. The number of nitrogens with zero attached hydrogens (tertiary/aromatic N) is 3. The number of aryl methyl sites for hydroxylation is 1. The van der Waals surface area contributed by atoms with Crippen LogP contribution in [0.15, 0.2) is 6.33 Å². The Hall–Kier alpha value is -0.980. The summed E-state index contributed by atoms with van der Waals surface area (Å²) in [7, 11) is 1.81. The van der Waals surface area contributed by atoms with Gasteiger partial charge < -0.3 is 14.8 Å². The van der Waals surface area contributed by atoms with Crippen LogP contribution in [0.3, 0.4) is 0 Å². The maximum atomic E-state index is 5.92. The van der Waals surface area contributed by atoms with Gasteiger partial charge in [-0.05, 0) is 13.5 Å². The van der Waals surface area contributed by atoms with E-state index in [9.17, 15) is 0 Å². The molecule has 0 amide bonds. The summed E-state index contributed by atoms with van der Waals surface area (Å²) in [6, 6.07) is 0.232. The molecular weight excluding hydrogens is 256 g/mol. The molecule has 1 aliphatic heterocycles. The van der Waals surface area contributed by atoms with E-state index < -0.39 is 0 Å². The molecule has 1 saturated heterocycles. The van der Waals surface area contributed by atoms with Crippen molar-refractivity contribution >= 4 is 0 Å². The Morgan fingerprint density at radius 1 is 1.45 bits per heavy atom. The molecule has 0 aromatic carbocycles. The van der Waals surface area contributed by atoms with E-state index >= 15 is 0 Å². The molecule has 114 valence electrons. The van der Waals surface area contributed by atoms with Crippen molar-refractivity contribution in [3.05, 3.63) is 12.2 Å². The lowest BCUT2D eigenvalue weighted by Gasteiger charge is -2.42. The van der Waals surface area contributed by atoms with Gasteiger partial charge in [-0.25, -0.2) is 4.98 Å². The molecule has 1 aromatic heterocycles. The zero-order chi connectivity index (χ0) is 14.4. The van der Waals surface area contributed by atoms with E-state index in [-0.39, 0.29) is 11.6 Å². The largest absolute Gasteiger partial charge is 0.381 e. The molecule has 6 nitrogen and oxygen atoms in total. The van der Waals surface area contributed by atoms with Crippen LogP contribution in [0.4, 0.5) is 0 Å². The molecular formula is C14H26N4O2. The molecule has 1 fully saturated rings. The van der Waals surface area contributed by atoms with Crippen LogP contribution in [0.2, 0.25) is 0 Å². The maximum Gasteiger partial charge on any atom is 0.138 e. The summed E-state index contributed by atoms with van der Waals surface area (Å²) in [6.45, 7) is 7.49. The Labute approximate surface area is 120 Å². The molecule has 1 atom stereocenters. The van der Waals surface area contributed by atoms with Gasteiger partial charge in [-0.2, -0.15) is 5.10 Å². The molecule has 1 unspecified atom stereocenters. The van der Waals surface area contributed by atoms with Crippen molar-refractivity contribution in [1.29, 1.82) is 0 Å². The number of aromatic nitrogens is 3. The highest BCUT2D eigenvalue weighted by Gasteiger charge is 2.40. The number of methoxy groups -OCH3 is 1. The van der Waals surface area contributed by atoms with Gasteiger partial charge in [0, 0.05) is 52.2 Å². The minimum absolute atomic E-state index is 0.168. The van der Waals surface area contributed by atoms with E-state index in [4.69, 9.17) is 9.47 Å². The molecule has 0 bridgehead atoms. The fourth-order valence-electron chi connectivity index (χ4n) is 3.00. The van der Waals surface area contributed by atoms with E-state index in [1.807, 2.05) is 4.68 Å². The van der Waals surface area contributed by atoms with Gasteiger partial charge in [0.2, 0.25) is 0 Å². The van der Waals surface area contributed by atoms with Crippen LogP contribution in [-0.4, -0.2) is 53.3 Å². The standard InChI is InChI=1S/C14H26N4O2/c1-4-15-12(10-13-16-11-17-18(13)5-2)14(19-3)6-8-20-9-7-14/h11-12,15H,4-10H2,1-3H3. The zero-order valence-electron chi connectivity index (χ0n) is 12.8. The zero-order valence-corrected chi connectivity index (χ0v) is 12.8. The lowest BCUT2D eigenvalue weighted by molar-refractivity contribution is -0.110. The number of hydrogen-bond acceptors (Lipinski definition) is 5. The number of likely N-dealkylation sites (N-methyl/N-ethyl adjacent to an activating group) is 1. The van der Waals surface area contributed by atoms with E-state index in [1.54, 1.807) is 13.4 Å². The molecule has 0 aliphatic carbocycles. The Kier molecular flexibility index (Phi) is 5.51. The van der Waals surface area contributed by atoms with Gasteiger partial charge in [0.1, 0.15) is 12.2 Å². The van der Waals surface area contributed by atoms with Crippen molar-refractivity contribution in [2.75, 3.05) is 26.9 Å². The topological polar surface area (TPSA) is 61.2 Å². The summed E-state index contributed by atoms with van der Waals surface area (Å²) in [5.41, 5.74) is -0.168. The normalized spacial score (nSPS) is 19.9. The first kappa shape index (κ1) is 15.4. The molecule has 20 heavy (non-hydrogen) atoms. The van der Waals surface area contributed by atoms with Crippen molar-refractivity contribution in [1.82, 2.24) is 20.1 Å². The second kappa shape index (κ2) is 7.15. The summed E-state index contributed by atoms with van der Waals surface area (Å²) in [4.78, 5) is 4.39. The summed E-state index contributed by atoms with van der Waals surface area (Å²) >= 11 is 0. The second-order valence-corrected chi connectivity index (χ2v) is 5.19. The van der Waals surface area contributed by atoms with Crippen molar-refractivity contribution in [2.24, 2.45) is 0 Å². The predicted molar refractivity (Wildman–Crippen MR) is 76.7 cm³/mol. The average Bonchev–Trinajstić information content (AvgIpc) is 2.95. The number of nitrogens with one attached hydrogen (secondary N) is 1. The summed E-state index contributed by atoms with van der Waals surface area (Å²) in [6.07, 6.45) is 4.30. The Morgan fingerprint density at radius 2 is 2.20 bits per heavy atom. The van der Waals surface area contributed by atoms with Gasteiger partial charge in [0.15, 0.2) is 0 Å². The third kappa shape index (κ3) is 3.19. The molecule has 1 aliphatic rings.